The molecule has 1 aliphatic rings. The first-order chi connectivity index (χ1) is 13.3. The van der Waals surface area contributed by atoms with Crippen LogP contribution in [-0.2, 0) is 4.79 Å². The quantitative estimate of drug-likeness (QED) is 0.374. The van der Waals surface area contributed by atoms with Crippen molar-refractivity contribution >= 4 is 5.78 Å². The highest BCUT2D eigenvalue weighted by molar-refractivity contribution is 5.97. The summed E-state index contributed by atoms with van der Waals surface area (Å²) in [4.78, 5) is 13.3. The molecule has 3 heteroatoms. The van der Waals surface area contributed by atoms with E-state index >= 15 is 0 Å². The predicted octanol–water partition coefficient (Wildman–Crippen LogP) is 7.30. The highest BCUT2D eigenvalue weighted by Gasteiger charge is 2.43. The molecule has 0 aromatic rings. The van der Waals surface area contributed by atoms with Gasteiger partial charge >= 0.3 is 0 Å². The minimum Gasteiger partial charge on any atom is -0.508 e. The van der Waals surface area contributed by atoms with Crippen LogP contribution >= 0.6 is 0 Å². The molecule has 0 heterocycles. The molecule has 29 heavy (non-hydrogen) atoms. The van der Waals surface area contributed by atoms with Crippen LogP contribution in [0.15, 0.2) is 23.0 Å². The number of rotatable bonds is 10. The molecule has 1 unspecified atom stereocenters. The summed E-state index contributed by atoms with van der Waals surface area (Å²) in [5.41, 5.74) is 0.000484. The van der Waals surface area contributed by atoms with Crippen molar-refractivity contribution in [2.24, 2.45) is 16.7 Å². The number of aliphatic hydroxyl groups excluding tert-OH is 1. The zero-order valence-electron chi connectivity index (χ0n) is 20.3. The first kappa shape index (κ1) is 25.9. The van der Waals surface area contributed by atoms with Crippen molar-refractivity contribution in [1.29, 1.82) is 0 Å². The summed E-state index contributed by atoms with van der Waals surface area (Å²) in [6.07, 6.45) is 9.85. The van der Waals surface area contributed by atoms with Crippen molar-refractivity contribution in [2.45, 2.75) is 119 Å². The van der Waals surface area contributed by atoms with Gasteiger partial charge in [-0.05, 0) is 41.7 Å². The normalized spacial score (nSPS) is 19.0. The minimum atomic E-state index is -0.853. The molecule has 168 valence electrons. The molecule has 0 bridgehead atoms. The van der Waals surface area contributed by atoms with Crippen molar-refractivity contribution in [3.05, 3.63) is 23.0 Å². The topological polar surface area (TPSA) is 57.5 Å². The van der Waals surface area contributed by atoms with Gasteiger partial charge in [0.2, 0.25) is 0 Å². The zero-order chi connectivity index (χ0) is 22.5. The molecule has 0 fully saturated rings. The Kier molecular flexibility index (Phi) is 9.20. The number of aliphatic hydroxyl groups is 2. The molecular formula is C26H46O3. The largest absolute Gasteiger partial charge is 0.508 e. The standard InChI is InChI=1S/C26H46O3/c1-9-11-13-15-26(29,16-14-12-10-2)18-19-21(27)17-20(24(3,4)5)23(28)22(19)25(6,7)8/h17,19,28-29H,9-16,18H2,1-8H3. The molecule has 0 spiro atoms. The van der Waals surface area contributed by atoms with Crippen LogP contribution in [-0.4, -0.2) is 21.6 Å². The van der Waals surface area contributed by atoms with Crippen LogP contribution in [0.4, 0.5) is 0 Å². The van der Waals surface area contributed by atoms with Crippen LogP contribution in [0.1, 0.15) is 113 Å². The third-order valence-electron chi connectivity index (χ3n) is 6.18. The lowest BCUT2D eigenvalue weighted by atomic mass is 9.66. The van der Waals surface area contributed by atoms with Crippen LogP contribution in [0.5, 0.6) is 0 Å². The number of ketones is 1. The summed E-state index contributed by atoms with van der Waals surface area (Å²) in [7, 11) is 0. The fourth-order valence-corrected chi connectivity index (χ4v) is 4.53. The van der Waals surface area contributed by atoms with Gasteiger partial charge in [-0.25, -0.2) is 0 Å². The first-order valence-electron chi connectivity index (χ1n) is 11.7. The first-order valence-corrected chi connectivity index (χ1v) is 11.7. The number of carbonyl (C=O) groups is 1. The van der Waals surface area contributed by atoms with Gasteiger partial charge in [-0.2, -0.15) is 0 Å². The van der Waals surface area contributed by atoms with Gasteiger partial charge in [0.25, 0.3) is 0 Å². The van der Waals surface area contributed by atoms with Crippen molar-refractivity contribution in [2.75, 3.05) is 0 Å². The van der Waals surface area contributed by atoms with Crippen LogP contribution in [0, 0.1) is 16.7 Å². The maximum Gasteiger partial charge on any atom is 0.163 e. The van der Waals surface area contributed by atoms with E-state index in [1.165, 1.54) is 0 Å². The zero-order valence-corrected chi connectivity index (χ0v) is 20.3. The van der Waals surface area contributed by atoms with E-state index in [9.17, 15) is 15.0 Å². The van der Waals surface area contributed by atoms with E-state index in [0.717, 1.165) is 56.9 Å². The lowest BCUT2D eigenvalue weighted by molar-refractivity contribution is -0.120. The minimum absolute atomic E-state index is 0.0297. The second-order valence-corrected chi connectivity index (χ2v) is 11.1. The molecule has 0 amide bonds. The predicted molar refractivity (Wildman–Crippen MR) is 123 cm³/mol. The molecule has 0 aromatic heterocycles. The molecule has 1 rings (SSSR count). The van der Waals surface area contributed by atoms with Gasteiger partial charge in [-0.3, -0.25) is 4.79 Å². The number of hydrogen-bond donors (Lipinski definition) is 2. The van der Waals surface area contributed by atoms with E-state index < -0.39 is 11.5 Å². The molecule has 0 saturated carbocycles. The molecule has 1 aliphatic carbocycles. The smallest absolute Gasteiger partial charge is 0.163 e. The number of unbranched alkanes of at least 4 members (excludes halogenated alkanes) is 4. The highest BCUT2D eigenvalue weighted by atomic mass is 16.3. The van der Waals surface area contributed by atoms with Gasteiger partial charge in [-0.1, -0.05) is 93.9 Å². The van der Waals surface area contributed by atoms with Gasteiger partial charge in [0, 0.05) is 11.5 Å². The second kappa shape index (κ2) is 10.3. The van der Waals surface area contributed by atoms with Crippen molar-refractivity contribution in [3.8, 4) is 0 Å². The fraction of sp³-hybridized carbons (Fsp3) is 0.808. The second-order valence-electron chi connectivity index (χ2n) is 11.1. The van der Waals surface area contributed by atoms with Crippen LogP contribution < -0.4 is 0 Å². The molecule has 0 aliphatic heterocycles. The number of carbonyl (C=O) groups excluding carboxylic acids is 1. The summed E-state index contributed by atoms with van der Waals surface area (Å²) in [6, 6.07) is 0. The summed E-state index contributed by atoms with van der Waals surface area (Å²) < 4.78 is 0. The molecule has 0 aromatic carbocycles. The Hall–Kier alpha value is -1.09. The molecule has 0 saturated heterocycles. The van der Waals surface area contributed by atoms with Gasteiger partial charge in [0.15, 0.2) is 5.78 Å². The van der Waals surface area contributed by atoms with E-state index in [2.05, 4.69) is 34.6 Å². The molecule has 0 radical (unpaired) electrons. The van der Waals surface area contributed by atoms with Crippen LogP contribution in [0.2, 0.25) is 0 Å². The van der Waals surface area contributed by atoms with E-state index in [-0.39, 0.29) is 22.4 Å². The van der Waals surface area contributed by atoms with Gasteiger partial charge in [-0.15, -0.1) is 0 Å². The monoisotopic (exact) mass is 406 g/mol. The average Bonchev–Trinajstić information content (AvgIpc) is 2.56. The Morgan fingerprint density at radius 2 is 1.34 bits per heavy atom. The number of allylic oxidation sites excluding steroid dienone is 3. The van der Waals surface area contributed by atoms with Gasteiger partial charge < -0.3 is 10.2 Å². The van der Waals surface area contributed by atoms with Gasteiger partial charge in [0.1, 0.15) is 5.76 Å². The van der Waals surface area contributed by atoms with Crippen molar-refractivity contribution in [1.82, 2.24) is 0 Å². The Bertz CT molecular complexity index is 601. The maximum absolute atomic E-state index is 13.3. The average molecular weight is 407 g/mol. The third kappa shape index (κ3) is 7.27. The Balaban J connectivity index is 3.29. The Labute approximate surface area is 179 Å². The summed E-state index contributed by atoms with van der Waals surface area (Å²) >= 11 is 0. The molecule has 1 atom stereocenters. The van der Waals surface area contributed by atoms with E-state index in [1.54, 1.807) is 6.08 Å². The fourth-order valence-electron chi connectivity index (χ4n) is 4.53. The van der Waals surface area contributed by atoms with Crippen molar-refractivity contribution in [3.63, 3.8) is 0 Å². The summed E-state index contributed by atoms with van der Waals surface area (Å²) in [5.74, 6) is -0.157. The van der Waals surface area contributed by atoms with E-state index in [0.29, 0.717) is 12.0 Å². The Morgan fingerprint density at radius 1 is 0.862 bits per heavy atom. The lowest BCUT2D eigenvalue weighted by Gasteiger charge is -2.40. The van der Waals surface area contributed by atoms with E-state index in [4.69, 9.17) is 0 Å². The summed E-state index contributed by atoms with van der Waals surface area (Å²) in [5, 5.41) is 22.7. The number of hydrogen-bond acceptors (Lipinski definition) is 3. The molecule has 2 N–H and O–H groups in total. The SMILES string of the molecule is CCCCCC(O)(CCCCC)CC1C(=O)C=C(C(C)(C)C)C(O)=C1C(C)(C)C. The summed E-state index contributed by atoms with van der Waals surface area (Å²) in [6.45, 7) is 16.6. The highest BCUT2D eigenvalue weighted by Crippen LogP contribution is 2.46. The van der Waals surface area contributed by atoms with Crippen LogP contribution in [0.25, 0.3) is 0 Å². The Morgan fingerprint density at radius 3 is 1.72 bits per heavy atom. The van der Waals surface area contributed by atoms with E-state index in [1.807, 2.05) is 20.8 Å². The van der Waals surface area contributed by atoms with Crippen molar-refractivity contribution < 1.29 is 15.0 Å². The lowest BCUT2D eigenvalue weighted by Crippen LogP contribution is -2.39. The molecular weight excluding hydrogens is 360 g/mol. The van der Waals surface area contributed by atoms with Gasteiger partial charge in [0.05, 0.1) is 5.60 Å². The maximum atomic E-state index is 13.3. The van der Waals surface area contributed by atoms with Crippen LogP contribution in [0.3, 0.4) is 0 Å². The molecule has 3 nitrogen and oxygen atoms in total. The third-order valence-corrected chi connectivity index (χ3v) is 6.18.